The molecule has 0 fully saturated rings. The molecule has 0 aliphatic heterocycles. The third kappa shape index (κ3) is 5.53. The molecule has 1 aromatic carbocycles. The molecular weight excluding hydrogens is 316 g/mol. The van der Waals surface area contributed by atoms with Gasteiger partial charge in [0, 0.05) is 13.2 Å². The van der Waals surface area contributed by atoms with E-state index in [1.165, 1.54) is 7.11 Å². The summed E-state index contributed by atoms with van der Waals surface area (Å²) in [6.07, 6.45) is 1.03. The molecule has 1 atom stereocenters. The van der Waals surface area contributed by atoms with Gasteiger partial charge >= 0.3 is 0 Å². The minimum atomic E-state index is -3.63. The van der Waals surface area contributed by atoms with E-state index in [2.05, 4.69) is 5.32 Å². The number of carbonyl (C=O) groups is 1. The van der Waals surface area contributed by atoms with Crippen molar-refractivity contribution in [3.63, 3.8) is 0 Å². The molecule has 118 valence electrons. The van der Waals surface area contributed by atoms with Gasteiger partial charge in [-0.1, -0.05) is 23.7 Å². The number of hydrogen-bond acceptors (Lipinski definition) is 4. The van der Waals surface area contributed by atoms with E-state index in [1.807, 2.05) is 0 Å². The number of sulfonamides is 1. The van der Waals surface area contributed by atoms with Gasteiger partial charge in [0.25, 0.3) is 0 Å². The van der Waals surface area contributed by atoms with E-state index in [9.17, 15) is 13.2 Å². The van der Waals surface area contributed by atoms with E-state index < -0.39 is 15.9 Å². The fraction of sp³-hybridized carbons (Fsp3) is 0.462. The van der Waals surface area contributed by atoms with E-state index in [0.717, 1.165) is 10.6 Å². The van der Waals surface area contributed by atoms with Gasteiger partial charge in [-0.25, -0.2) is 8.42 Å². The largest absolute Gasteiger partial charge is 0.383 e. The topological polar surface area (TPSA) is 75.7 Å². The van der Waals surface area contributed by atoms with Crippen LogP contribution in [0.15, 0.2) is 24.3 Å². The van der Waals surface area contributed by atoms with Crippen LogP contribution in [0.2, 0.25) is 5.02 Å². The monoisotopic (exact) mass is 334 g/mol. The first-order chi connectivity index (χ1) is 9.75. The molecule has 6 nitrogen and oxygen atoms in total. The fourth-order valence-corrected chi connectivity index (χ4v) is 2.93. The number of benzene rings is 1. The first-order valence-electron chi connectivity index (χ1n) is 6.26. The Hall–Kier alpha value is -1.31. The van der Waals surface area contributed by atoms with Crippen LogP contribution in [0.4, 0.5) is 5.69 Å². The highest BCUT2D eigenvalue weighted by atomic mass is 35.5. The Morgan fingerprint density at radius 2 is 2.05 bits per heavy atom. The van der Waals surface area contributed by atoms with Gasteiger partial charge in [-0.05, 0) is 19.1 Å². The van der Waals surface area contributed by atoms with Gasteiger partial charge in [0.15, 0.2) is 0 Å². The lowest BCUT2D eigenvalue weighted by Gasteiger charge is -2.23. The number of methoxy groups -OCH3 is 1. The molecule has 8 heteroatoms. The van der Waals surface area contributed by atoms with Crippen molar-refractivity contribution in [1.29, 1.82) is 0 Å². The summed E-state index contributed by atoms with van der Waals surface area (Å²) >= 11 is 6.01. The highest BCUT2D eigenvalue weighted by molar-refractivity contribution is 7.92. The van der Waals surface area contributed by atoms with Crippen LogP contribution in [0.1, 0.15) is 6.92 Å². The second-order valence-electron chi connectivity index (χ2n) is 4.64. The molecule has 0 saturated carbocycles. The number of para-hydroxylation sites is 1. The highest BCUT2D eigenvalue weighted by Crippen LogP contribution is 2.26. The molecule has 0 radical (unpaired) electrons. The molecule has 1 rings (SSSR count). The number of hydrogen-bond donors (Lipinski definition) is 1. The molecule has 0 bridgehead atoms. The fourth-order valence-electron chi connectivity index (χ4n) is 1.78. The first-order valence-corrected chi connectivity index (χ1v) is 8.49. The van der Waals surface area contributed by atoms with Gasteiger partial charge in [-0.15, -0.1) is 0 Å². The predicted molar refractivity (Wildman–Crippen MR) is 83.1 cm³/mol. The standard InChI is InChI=1S/C13H19ClN2O4S/c1-10(9-20-2)15-13(17)8-16(21(3,18)19)12-7-5-4-6-11(12)14/h4-7,10H,8-9H2,1-3H3,(H,15,17)/t10-/m0/s1. The maximum absolute atomic E-state index is 12.0. The van der Waals surface area contributed by atoms with Crippen molar-refractivity contribution in [2.45, 2.75) is 13.0 Å². The van der Waals surface area contributed by atoms with Crippen molar-refractivity contribution < 1.29 is 17.9 Å². The van der Waals surface area contributed by atoms with Gasteiger partial charge in [0.2, 0.25) is 15.9 Å². The average Bonchev–Trinajstić information content (AvgIpc) is 2.36. The molecule has 0 aliphatic carbocycles. The maximum Gasteiger partial charge on any atom is 0.241 e. The lowest BCUT2D eigenvalue weighted by Crippen LogP contribution is -2.44. The number of halogens is 1. The van der Waals surface area contributed by atoms with Crippen LogP contribution in [-0.2, 0) is 19.6 Å². The minimum Gasteiger partial charge on any atom is -0.383 e. The van der Waals surface area contributed by atoms with Gasteiger partial charge in [-0.3, -0.25) is 9.10 Å². The smallest absolute Gasteiger partial charge is 0.241 e. The van der Waals surface area contributed by atoms with E-state index in [1.54, 1.807) is 31.2 Å². The van der Waals surface area contributed by atoms with Crippen LogP contribution >= 0.6 is 11.6 Å². The summed E-state index contributed by atoms with van der Waals surface area (Å²) in [4.78, 5) is 12.0. The van der Waals surface area contributed by atoms with Crippen molar-refractivity contribution in [1.82, 2.24) is 5.32 Å². The van der Waals surface area contributed by atoms with Crippen molar-refractivity contribution >= 4 is 33.2 Å². The number of anilines is 1. The van der Waals surface area contributed by atoms with Crippen LogP contribution in [0.25, 0.3) is 0 Å². The Kier molecular flexibility index (Phi) is 6.44. The van der Waals surface area contributed by atoms with Crippen molar-refractivity contribution in [3.05, 3.63) is 29.3 Å². The third-order valence-electron chi connectivity index (χ3n) is 2.63. The lowest BCUT2D eigenvalue weighted by molar-refractivity contribution is -0.120. The number of nitrogens with zero attached hydrogens (tertiary/aromatic N) is 1. The number of nitrogens with one attached hydrogen (secondary N) is 1. The second-order valence-corrected chi connectivity index (χ2v) is 6.96. The molecule has 1 aromatic rings. The highest BCUT2D eigenvalue weighted by Gasteiger charge is 2.23. The van der Waals surface area contributed by atoms with Crippen molar-refractivity contribution in [2.75, 3.05) is 30.8 Å². The Balaban J connectivity index is 2.92. The molecule has 0 aromatic heterocycles. The third-order valence-corrected chi connectivity index (χ3v) is 4.08. The zero-order chi connectivity index (χ0) is 16.0. The van der Waals surface area contributed by atoms with Crippen LogP contribution in [0.5, 0.6) is 0 Å². The molecule has 1 amide bonds. The van der Waals surface area contributed by atoms with Gasteiger partial charge in [-0.2, -0.15) is 0 Å². The summed E-state index contributed by atoms with van der Waals surface area (Å²) in [6, 6.07) is 6.25. The Labute approximate surface area is 130 Å². The average molecular weight is 335 g/mol. The number of carbonyl (C=O) groups excluding carboxylic acids is 1. The molecule has 0 unspecified atom stereocenters. The minimum absolute atomic E-state index is 0.213. The molecule has 1 N–H and O–H groups in total. The van der Waals surface area contributed by atoms with Crippen LogP contribution in [0, 0.1) is 0 Å². The van der Waals surface area contributed by atoms with E-state index in [4.69, 9.17) is 16.3 Å². The van der Waals surface area contributed by atoms with Gasteiger partial charge < -0.3 is 10.1 Å². The zero-order valence-electron chi connectivity index (χ0n) is 12.2. The summed E-state index contributed by atoms with van der Waals surface area (Å²) in [5.41, 5.74) is 0.274. The van der Waals surface area contributed by atoms with E-state index in [0.29, 0.717) is 6.61 Å². The summed E-state index contributed by atoms with van der Waals surface area (Å²) in [5, 5.41) is 2.92. The molecule has 21 heavy (non-hydrogen) atoms. The quantitative estimate of drug-likeness (QED) is 0.814. The first kappa shape index (κ1) is 17.7. The van der Waals surface area contributed by atoms with Gasteiger partial charge in [0.1, 0.15) is 6.54 Å². The molecule has 0 saturated heterocycles. The normalized spacial score (nSPS) is 12.8. The number of ether oxygens (including phenoxy) is 1. The summed E-state index contributed by atoms with van der Waals surface area (Å²) in [5.74, 6) is -0.426. The van der Waals surface area contributed by atoms with E-state index >= 15 is 0 Å². The summed E-state index contributed by atoms with van der Waals surface area (Å²) < 4.78 is 29.7. The molecular formula is C13H19ClN2O4S. The Morgan fingerprint density at radius 1 is 1.43 bits per heavy atom. The van der Waals surface area contributed by atoms with Gasteiger partial charge in [0.05, 0.1) is 23.6 Å². The maximum atomic E-state index is 12.0. The van der Waals surface area contributed by atoms with Crippen molar-refractivity contribution in [2.24, 2.45) is 0 Å². The van der Waals surface area contributed by atoms with Crippen LogP contribution < -0.4 is 9.62 Å². The molecule has 0 spiro atoms. The Morgan fingerprint density at radius 3 is 2.57 bits per heavy atom. The Bertz CT molecular complexity index is 592. The predicted octanol–water partition coefficient (Wildman–Crippen LogP) is 1.26. The number of rotatable bonds is 7. The second kappa shape index (κ2) is 7.63. The zero-order valence-corrected chi connectivity index (χ0v) is 13.7. The lowest BCUT2D eigenvalue weighted by atomic mass is 10.3. The molecule has 0 aliphatic rings. The molecule has 0 heterocycles. The SMILES string of the molecule is COC[C@H](C)NC(=O)CN(c1ccccc1Cl)S(C)(=O)=O. The van der Waals surface area contributed by atoms with Crippen molar-refractivity contribution in [3.8, 4) is 0 Å². The summed E-state index contributed by atoms with van der Waals surface area (Å²) in [6.45, 7) is 1.77. The van der Waals surface area contributed by atoms with Crippen LogP contribution in [-0.4, -0.2) is 46.9 Å². The van der Waals surface area contributed by atoms with Crippen LogP contribution in [0.3, 0.4) is 0 Å². The summed E-state index contributed by atoms with van der Waals surface area (Å²) in [7, 11) is -2.10. The van der Waals surface area contributed by atoms with E-state index in [-0.39, 0.29) is 23.3 Å². The number of amides is 1.